The quantitative estimate of drug-likeness (QED) is 0.649. The first-order valence-electron chi connectivity index (χ1n) is 6.44. The third-order valence-electron chi connectivity index (χ3n) is 2.57. The van der Waals surface area contributed by atoms with Crippen LogP contribution in [0.3, 0.4) is 0 Å². The zero-order chi connectivity index (χ0) is 14.2. The molecule has 0 spiro atoms. The van der Waals surface area contributed by atoms with Crippen molar-refractivity contribution >= 4 is 12.0 Å². The fourth-order valence-electron chi connectivity index (χ4n) is 1.62. The normalized spacial score (nSPS) is 10.7. The SMILES string of the molecule is Cc1ccc(C=CC(=O)NCCOc2ccccc2)o1. The maximum absolute atomic E-state index is 11.5. The molecule has 0 atom stereocenters. The summed E-state index contributed by atoms with van der Waals surface area (Å²) in [6.07, 6.45) is 3.08. The first-order chi connectivity index (χ1) is 9.74. The van der Waals surface area contributed by atoms with Crippen LogP contribution in [0.2, 0.25) is 0 Å². The highest BCUT2D eigenvalue weighted by molar-refractivity contribution is 5.91. The standard InChI is InChI=1S/C16H17NO3/c1-13-7-8-15(20-13)9-10-16(18)17-11-12-19-14-5-3-2-4-6-14/h2-10H,11-12H2,1H3,(H,17,18). The fourth-order valence-corrected chi connectivity index (χ4v) is 1.62. The van der Waals surface area contributed by atoms with E-state index in [1.807, 2.05) is 49.4 Å². The Balaban J connectivity index is 1.66. The van der Waals surface area contributed by atoms with Crippen molar-refractivity contribution in [1.29, 1.82) is 0 Å². The zero-order valence-corrected chi connectivity index (χ0v) is 11.3. The van der Waals surface area contributed by atoms with E-state index in [0.717, 1.165) is 11.5 Å². The average molecular weight is 271 g/mol. The van der Waals surface area contributed by atoms with Crippen LogP contribution in [0.25, 0.3) is 6.08 Å². The van der Waals surface area contributed by atoms with Crippen LogP contribution in [0, 0.1) is 6.92 Å². The Hall–Kier alpha value is -2.49. The van der Waals surface area contributed by atoms with Gasteiger partial charge in [0.2, 0.25) is 5.91 Å². The predicted octanol–water partition coefficient (Wildman–Crippen LogP) is 2.80. The molecule has 104 valence electrons. The number of hydrogen-bond acceptors (Lipinski definition) is 3. The van der Waals surface area contributed by atoms with Crippen molar-refractivity contribution in [3.8, 4) is 5.75 Å². The number of carbonyl (C=O) groups excluding carboxylic acids is 1. The maximum Gasteiger partial charge on any atom is 0.244 e. The van der Waals surface area contributed by atoms with E-state index in [2.05, 4.69) is 5.32 Å². The third-order valence-corrected chi connectivity index (χ3v) is 2.57. The topological polar surface area (TPSA) is 51.5 Å². The van der Waals surface area contributed by atoms with Crippen LogP contribution in [0.5, 0.6) is 5.75 Å². The van der Waals surface area contributed by atoms with Crippen LogP contribution in [-0.4, -0.2) is 19.1 Å². The number of carbonyl (C=O) groups is 1. The Kier molecular flexibility index (Phi) is 5.00. The number of rotatable bonds is 6. The molecule has 4 nitrogen and oxygen atoms in total. The second kappa shape index (κ2) is 7.19. The highest BCUT2D eigenvalue weighted by Crippen LogP contribution is 2.08. The summed E-state index contributed by atoms with van der Waals surface area (Å²) in [4.78, 5) is 11.5. The number of amides is 1. The molecule has 1 amide bonds. The predicted molar refractivity (Wildman–Crippen MR) is 77.4 cm³/mol. The van der Waals surface area contributed by atoms with Crippen molar-refractivity contribution in [1.82, 2.24) is 5.32 Å². The molecule has 0 unspecified atom stereocenters. The molecule has 1 heterocycles. The van der Waals surface area contributed by atoms with Crippen LogP contribution in [0.1, 0.15) is 11.5 Å². The lowest BCUT2D eigenvalue weighted by molar-refractivity contribution is -0.116. The molecule has 0 aliphatic carbocycles. The second-order valence-electron chi connectivity index (χ2n) is 4.23. The van der Waals surface area contributed by atoms with Crippen LogP contribution in [0.4, 0.5) is 0 Å². The molecule has 1 aromatic carbocycles. The van der Waals surface area contributed by atoms with Gasteiger partial charge < -0.3 is 14.5 Å². The summed E-state index contributed by atoms with van der Waals surface area (Å²) in [7, 11) is 0. The Morgan fingerprint density at radius 2 is 2.05 bits per heavy atom. The smallest absolute Gasteiger partial charge is 0.244 e. The summed E-state index contributed by atoms with van der Waals surface area (Å²) in [5.41, 5.74) is 0. The molecule has 0 saturated heterocycles. The van der Waals surface area contributed by atoms with E-state index in [4.69, 9.17) is 9.15 Å². The lowest BCUT2D eigenvalue weighted by atomic mass is 10.3. The van der Waals surface area contributed by atoms with Gasteiger partial charge in [-0.1, -0.05) is 18.2 Å². The zero-order valence-electron chi connectivity index (χ0n) is 11.3. The second-order valence-corrected chi connectivity index (χ2v) is 4.23. The van der Waals surface area contributed by atoms with Crippen molar-refractivity contribution < 1.29 is 13.9 Å². The number of furan rings is 1. The van der Waals surface area contributed by atoms with Crippen molar-refractivity contribution in [3.63, 3.8) is 0 Å². The molecule has 2 aromatic rings. The first-order valence-corrected chi connectivity index (χ1v) is 6.44. The van der Waals surface area contributed by atoms with Crippen LogP contribution < -0.4 is 10.1 Å². The summed E-state index contributed by atoms with van der Waals surface area (Å²) in [5, 5.41) is 2.74. The number of hydrogen-bond donors (Lipinski definition) is 1. The first kappa shape index (κ1) is 13.9. The Morgan fingerprint density at radius 1 is 1.25 bits per heavy atom. The van der Waals surface area contributed by atoms with E-state index < -0.39 is 0 Å². The van der Waals surface area contributed by atoms with Gasteiger partial charge in [-0.05, 0) is 37.3 Å². The van der Waals surface area contributed by atoms with E-state index >= 15 is 0 Å². The van der Waals surface area contributed by atoms with Gasteiger partial charge >= 0.3 is 0 Å². The van der Waals surface area contributed by atoms with E-state index in [1.165, 1.54) is 6.08 Å². The highest BCUT2D eigenvalue weighted by Gasteiger charge is 1.97. The minimum absolute atomic E-state index is 0.171. The number of aryl methyl sites for hydroxylation is 1. The van der Waals surface area contributed by atoms with Gasteiger partial charge in [0.05, 0.1) is 6.54 Å². The van der Waals surface area contributed by atoms with E-state index in [1.54, 1.807) is 6.08 Å². The van der Waals surface area contributed by atoms with Gasteiger partial charge in [-0.2, -0.15) is 0 Å². The van der Waals surface area contributed by atoms with Gasteiger partial charge in [0, 0.05) is 6.08 Å². The van der Waals surface area contributed by atoms with E-state index in [9.17, 15) is 4.79 Å². The summed E-state index contributed by atoms with van der Waals surface area (Å²) >= 11 is 0. The number of para-hydroxylation sites is 1. The summed E-state index contributed by atoms with van der Waals surface area (Å²) < 4.78 is 10.8. The largest absolute Gasteiger partial charge is 0.492 e. The fraction of sp³-hybridized carbons (Fsp3) is 0.188. The van der Waals surface area contributed by atoms with Gasteiger partial charge in [-0.3, -0.25) is 4.79 Å². The van der Waals surface area contributed by atoms with Gasteiger partial charge in [0.1, 0.15) is 23.9 Å². The number of ether oxygens (including phenoxy) is 1. The minimum Gasteiger partial charge on any atom is -0.492 e. The Labute approximate surface area is 118 Å². The molecule has 0 fully saturated rings. The number of benzene rings is 1. The highest BCUT2D eigenvalue weighted by atomic mass is 16.5. The molecular weight excluding hydrogens is 254 g/mol. The Bertz CT molecular complexity index is 572. The molecule has 1 aromatic heterocycles. The van der Waals surface area contributed by atoms with Crippen molar-refractivity contribution in [3.05, 3.63) is 60.1 Å². The molecular formula is C16H17NO3. The molecule has 1 N–H and O–H groups in total. The Morgan fingerprint density at radius 3 is 2.75 bits per heavy atom. The molecule has 0 radical (unpaired) electrons. The molecule has 20 heavy (non-hydrogen) atoms. The van der Waals surface area contributed by atoms with E-state index in [0.29, 0.717) is 18.9 Å². The van der Waals surface area contributed by atoms with Crippen molar-refractivity contribution in [2.75, 3.05) is 13.2 Å². The van der Waals surface area contributed by atoms with Gasteiger partial charge in [0.25, 0.3) is 0 Å². The molecule has 0 bridgehead atoms. The van der Waals surface area contributed by atoms with Crippen LogP contribution >= 0.6 is 0 Å². The van der Waals surface area contributed by atoms with Crippen molar-refractivity contribution in [2.45, 2.75) is 6.92 Å². The molecule has 0 aliphatic heterocycles. The number of nitrogens with one attached hydrogen (secondary N) is 1. The van der Waals surface area contributed by atoms with Crippen molar-refractivity contribution in [2.24, 2.45) is 0 Å². The monoisotopic (exact) mass is 271 g/mol. The summed E-state index contributed by atoms with van der Waals surface area (Å²) in [6.45, 7) is 2.75. The third kappa shape index (κ3) is 4.65. The van der Waals surface area contributed by atoms with Gasteiger partial charge in [-0.15, -0.1) is 0 Å². The lowest BCUT2D eigenvalue weighted by Gasteiger charge is -2.05. The van der Waals surface area contributed by atoms with Gasteiger partial charge in [0.15, 0.2) is 0 Å². The van der Waals surface area contributed by atoms with Crippen LogP contribution in [0.15, 0.2) is 53.0 Å². The molecule has 4 heteroatoms. The molecule has 2 rings (SSSR count). The van der Waals surface area contributed by atoms with Crippen LogP contribution in [-0.2, 0) is 4.79 Å². The van der Waals surface area contributed by atoms with Gasteiger partial charge in [-0.25, -0.2) is 0 Å². The average Bonchev–Trinajstić information content (AvgIpc) is 2.88. The molecule has 0 saturated carbocycles. The maximum atomic E-state index is 11.5. The summed E-state index contributed by atoms with van der Waals surface area (Å²) in [5.74, 6) is 2.11. The lowest BCUT2D eigenvalue weighted by Crippen LogP contribution is -2.26. The molecule has 0 aliphatic rings. The minimum atomic E-state index is -0.171. The summed E-state index contributed by atoms with van der Waals surface area (Å²) in [6, 6.07) is 13.2. The van der Waals surface area contributed by atoms with E-state index in [-0.39, 0.29) is 5.91 Å².